The van der Waals surface area contributed by atoms with Crippen LogP contribution in [0, 0.1) is 0 Å². The second-order valence-corrected chi connectivity index (χ2v) is 4.80. The minimum Gasteiger partial charge on any atom is -0.487 e. The second-order valence-electron chi connectivity index (χ2n) is 4.80. The average molecular weight is 269 g/mol. The maximum absolute atomic E-state index is 12.2. The topological polar surface area (TPSA) is 55.3 Å². The van der Waals surface area contributed by atoms with Crippen molar-refractivity contribution in [2.24, 2.45) is 0 Å². The van der Waals surface area contributed by atoms with E-state index in [4.69, 9.17) is 4.74 Å². The summed E-state index contributed by atoms with van der Waals surface area (Å²) in [4.78, 5) is 22.2. The van der Waals surface area contributed by atoms with E-state index in [-0.39, 0.29) is 12.0 Å². The molecule has 0 radical (unpaired) electrons. The van der Waals surface area contributed by atoms with E-state index in [9.17, 15) is 4.79 Å². The maximum Gasteiger partial charge on any atom is 0.256 e. The first-order valence-electron chi connectivity index (χ1n) is 6.54. The van der Waals surface area contributed by atoms with Gasteiger partial charge < -0.3 is 9.64 Å². The van der Waals surface area contributed by atoms with E-state index in [1.165, 1.54) is 0 Å². The van der Waals surface area contributed by atoms with Crippen LogP contribution in [0.3, 0.4) is 0 Å². The molecule has 0 aliphatic carbocycles. The van der Waals surface area contributed by atoms with Crippen LogP contribution in [0.2, 0.25) is 0 Å². The van der Waals surface area contributed by atoms with E-state index in [0.717, 1.165) is 5.69 Å². The van der Waals surface area contributed by atoms with Crippen molar-refractivity contribution < 1.29 is 9.53 Å². The smallest absolute Gasteiger partial charge is 0.256 e. The summed E-state index contributed by atoms with van der Waals surface area (Å²) in [5.74, 6) is 0.733. The third-order valence-corrected chi connectivity index (χ3v) is 3.20. The number of rotatable bonds is 4. The number of carbonyl (C=O) groups excluding carboxylic acids is 1. The molecule has 20 heavy (non-hydrogen) atoms. The number of hydrogen-bond donors (Lipinski definition) is 0. The van der Waals surface area contributed by atoms with Crippen LogP contribution in [0.15, 0.2) is 42.9 Å². The van der Waals surface area contributed by atoms with E-state index in [1.807, 2.05) is 25.1 Å². The third kappa shape index (κ3) is 2.47. The molecule has 2 aromatic rings. The van der Waals surface area contributed by atoms with Gasteiger partial charge >= 0.3 is 0 Å². The summed E-state index contributed by atoms with van der Waals surface area (Å²) in [7, 11) is 0. The Labute approximate surface area is 117 Å². The lowest BCUT2D eigenvalue weighted by atomic mass is 10.2. The number of pyridine rings is 2. The van der Waals surface area contributed by atoms with Gasteiger partial charge in [-0.15, -0.1) is 0 Å². The number of aromatic nitrogens is 2. The summed E-state index contributed by atoms with van der Waals surface area (Å²) in [6, 6.07) is 7.28. The summed E-state index contributed by atoms with van der Waals surface area (Å²) in [6.07, 6.45) is 4.98. The number of amides is 1. The molecule has 0 bridgehead atoms. The van der Waals surface area contributed by atoms with E-state index in [2.05, 4.69) is 9.97 Å². The van der Waals surface area contributed by atoms with Crippen molar-refractivity contribution in [2.75, 3.05) is 6.54 Å². The highest BCUT2D eigenvalue weighted by atomic mass is 16.5. The van der Waals surface area contributed by atoms with Crippen molar-refractivity contribution in [1.29, 1.82) is 0 Å². The van der Waals surface area contributed by atoms with Gasteiger partial charge in [-0.05, 0) is 31.2 Å². The molecule has 1 amide bonds. The fraction of sp³-hybridized carbons (Fsp3) is 0.267. The van der Waals surface area contributed by atoms with Crippen LogP contribution in [0.4, 0.5) is 0 Å². The van der Waals surface area contributed by atoms with E-state index in [1.54, 1.807) is 29.6 Å². The van der Waals surface area contributed by atoms with Gasteiger partial charge in [0.2, 0.25) is 0 Å². The Morgan fingerprint density at radius 1 is 1.35 bits per heavy atom. The van der Waals surface area contributed by atoms with Crippen molar-refractivity contribution in [3.8, 4) is 5.75 Å². The average Bonchev–Trinajstić information content (AvgIpc) is 2.77. The van der Waals surface area contributed by atoms with Gasteiger partial charge in [-0.25, -0.2) is 0 Å². The molecule has 3 rings (SSSR count). The van der Waals surface area contributed by atoms with E-state index >= 15 is 0 Å². The van der Waals surface area contributed by atoms with Crippen LogP contribution in [0.25, 0.3) is 0 Å². The summed E-state index contributed by atoms with van der Waals surface area (Å²) >= 11 is 0. The van der Waals surface area contributed by atoms with Gasteiger partial charge in [0.05, 0.1) is 30.5 Å². The Morgan fingerprint density at radius 2 is 2.20 bits per heavy atom. The molecule has 0 saturated carbocycles. The molecule has 0 fully saturated rings. The number of carbonyl (C=O) groups is 1. The molecule has 1 aliphatic rings. The Hall–Kier alpha value is -2.43. The lowest BCUT2D eigenvalue weighted by molar-refractivity contribution is 0.0698. The summed E-state index contributed by atoms with van der Waals surface area (Å²) in [5, 5.41) is 0. The van der Waals surface area contributed by atoms with Crippen molar-refractivity contribution >= 4 is 5.91 Å². The molecule has 5 heteroatoms. The van der Waals surface area contributed by atoms with Gasteiger partial charge in [0, 0.05) is 12.4 Å². The molecule has 0 N–H and O–H groups in total. The van der Waals surface area contributed by atoms with Crippen molar-refractivity contribution in [3.63, 3.8) is 0 Å². The zero-order valence-corrected chi connectivity index (χ0v) is 11.2. The Bertz CT molecular complexity index is 616. The zero-order valence-electron chi connectivity index (χ0n) is 11.2. The standard InChI is InChI=1S/C15H15N3O2/c1-11(20-12-4-2-6-16-8-12)9-18-10-14-13(15(18)19)5-3-7-17-14/h2-8,11H,9-10H2,1H3/t11-/m1/s1. The molecular weight excluding hydrogens is 254 g/mol. The number of hydrogen-bond acceptors (Lipinski definition) is 4. The van der Waals surface area contributed by atoms with Crippen molar-refractivity contribution in [3.05, 3.63) is 54.1 Å². The van der Waals surface area contributed by atoms with Crippen LogP contribution >= 0.6 is 0 Å². The predicted octanol–water partition coefficient (Wildman–Crippen LogP) is 1.90. The summed E-state index contributed by atoms with van der Waals surface area (Å²) < 4.78 is 5.75. The van der Waals surface area contributed by atoms with Gasteiger partial charge in [-0.2, -0.15) is 0 Å². The van der Waals surface area contributed by atoms with Crippen LogP contribution in [-0.2, 0) is 6.54 Å². The Morgan fingerprint density at radius 3 is 2.95 bits per heavy atom. The molecule has 5 nitrogen and oxygen atoms in total. The van der Waals surface area contributed by atoms with Gasteiger partial charge in [0.1, 0.15) is 11.9 Å². The molecule has 3 heterocycles. The lowest BCUT2D eigenvalue weighted by Crippen LogP contribution is -2.34. The van der Waals surface area contributed by atoms with Gasteiger partial charge in [-0.1, -0.05) is 0 Å². The number of fused-ring (bicyclic) bond motifs is 1. The second kappa shape index (κ2) is 5.28. The third-order valence-electron chi connectivity index (χ3n) is 3.20. The van der Waals surface area contributed by atoms with Crippen LogP contribution in [0.5, 0.6) is 5.75 Å². The van der Waals surface area contributed by atoms with Gasteiger partial charge in [0.25, 0.3) is 5.91 Å². The maximum atomic E-state index is 12.2. The molecule has 1 atom stereocenters. The van der Waals surface area contributed by atoms with Gasteiger partial charge in [-0.3, -0.25) is 14.8 Å². The van der Waals surface area contributed by atoms with Crippen LogP contribution in [-0.4, -0.2) is 33.4 Å². The molecule has 102 valence electrons. The molecule has 1 aliphatic heterocycles. The largest absolute Gasteiger partial charge is 0.487 e. The molecule has 0 unspecified atom stereocenters. The first-order chi connectivity index (χ1) is 9.74. The monoisotopic (exact) mass is 269 g/mol. The van der Waals surface area contributed by atoms with Crippen molar-refractivity contribution in [2.45, 2.75) is 19.6 Å². The van der Waals surface area contributed by atoms with E-state index in [0.29, 0.717) is 24.4 Å². The summed E-state index contributed by atoms with van der Waals surface area (Å²) in [5.41, 5.74) is 1.53. The molecular formula is C15H15N3O2. The van der Waals surface area contributed by atoms with Crippen LogP contribution in [0.1, 0.15) is 23.0 Å². The SMILES string of the molecule is C[C@H](CN1Cc2ncccc2C1=O)Oc1cccnc1. The molecule has 0 saturated heterocycles. The van der Waals surface area contributed by atoms with Crippen LogP contribution < -0.4 is 4.74 Å². The normalized spacial score (nSPS) is 15.1. The fourth-order valence-electron chi connectivity index (χ4n) is 2.33. The predicted molar refractivity (Wildman–Crippen MR) is 73.3 cm³/mol. The van der Waals surface area contributed by atoms with Crippen molar-refractivity contribution in [1.82, 2.24) is 14.9 Å². The minimum absolute atomic E-state index is 0.0229. The summed E-state index contributed by atoms with van der Waals surface area (Å²) in [6.45, 7) is 3.02. The first kappa shape index (κ1) is 12.6. The first-order valence-corrected chi connectivity index (χ1v) is 6.54. The lowest BCUT2D eigenvalue weighted by Gasteiger charge is -2.21. The molecule has 2 aromatic heterocycles. The van der Waals surface area contributed by atoms with E-state index < -0.39 is 0 Å². The number of nitrogens with zero attached hydrogens (tertiary/aromatic N) is 3. The highest BCUT2D eigenvalue weighted by Crippen LogP contribution is 2.21. The molecule has 0 aromatic carbocycles. The fourth-order valence-corrected chi connectivity index (χ4v) is 2.33. The highest BCUT2D eigenvalue weighted by molar-refractivity contribution is 5.97. The highest BCUT2D eigenvalue weighted by Gasteiger charge is 2.29. The number of ether oxygens (including phenoxy) is 1. The Kier molecular flexibility index (Phi) is 3.33. The zero-order chi connectivity index (χ0) is 13.9. The quantitative estimate of drug-likeness (QED) is 0.850. The molecule has 0 spiro atoms. The van der Waals surface area contributed by atoms with Gasteiger partial charge in [0.15, 0.2) is 0 Å². The Balaban J connectivity index is 1.64. The minimum atomic E-state index is -0.0996.